The van der Waals surface area contributed by atoms with E-state index in [9.17, 15) is 4.39 Å². The number of methoxy groups -OCH3 is 2. The summed E-state index contributed by atoms with van der Waals surface area (Å²) in [4.78, 5) is 4.46. The van der Waals surface area contributed by atoms with Crippen molar-refractivity contribution in [1.29, 1.82) is 0 Å². The molecule has 2 heterocycles. The molecule has 0 amide bonds. The molecule has 1 unspecified atom stereocenters. The first-order chi connectivity index (χ1) is 15.0. The van der Waals surface area contributed by atoms with Crippen molar-refractivity contribution < 1.29 is 18.3 Å². The molecule has 0 bridgehead atoms. The fraction of sp³-hybridized carbons (Fsp3) is 0.240. The number of halogens is 1. The van der Waals surface area contributed by atoms with Crippen LogP contribution in [0.25, 0.3) is 34.0 Å². The van der Waals surface area contributed by atoms with Crippen LogP contribution in [0.5, 0.6) is 5.75 Å². The monoisotopic (exact) mass is 420 g/mol. The van der Waals surface area contributed by atoms with Gasteiger partial charge in [0.15, 0.2) is 23.2 Å². The summed E-state index contributed by atoms with van der Waals surface area (Å²) in [5.41, 5.74) is 3.60. The molecule has 2 aromatic carbocycles. The van der Waals surface area contributed by atoms with Crippen LogP contribution in [-0.4, -0.2) is 29.9 Å². The van der Waals surface area contributed by atoms with E-state index in [0.717, 1.165) is 28.1 Å². The molecule has 0 aliphatic heterocycles. The minimum Gasteiger partial charge on any atom is -0.494 e. The molecule has 0 saturated heterocycles. The first kappa shape index (κ1) is 20.9. The van der Waals surface area contributed by atoms with Gasteiger partial charge in [0.1, 0.15) is 5.76 Å². The van der Waals surface area contributed by atoms with E-state index in [2.05, 4.69) is 4.98 Å². The predicted molar refractivity (Wildman–Crippen MR) is 119 cm³/mol. The molecular weight excluding hydrogens is 395 g/mol. The van der Waals surface area contributed by atoms with Crippen LogP contribution >= 0.6 is 0 Å². The molecule has 4 aromatic rings. The van der Waals surface area contributed by atoms with Crippen molar-refractivity contribution in [2.45, 2.75) is 26.5 Å². The van der Waals surface area contributed by atoms with Gasteiger partial charge in [-0.05, 0) is 49.2 Å². The van der Waals surface area contributed by atoms with Gasteiger partial charge in [-0.15, -0.1) is 0 Å². The molecule has 0 saturated carbocycles. The second kappa shape index (κ2) is 8.78. The van der Waals surface area contributed by atoms with Gasteiger partial charge in [0.25, 0.3) is 0 Å². The van der Waals surface area contributed by atoms with Gasteiger partial charge in [-0.3, -0.25) is 0 Å². The van der Waals surface area contributed by atoms with E-state index in [4.69, 9.17) is 13.9 Å². The van der Waals surface area contributed by atoms with Crippen LogP contribution in [0, 0.1) is 12.7 Å². The smallest absolute Gasteiger partial charge is 0.176 e. The second-order valence-electron chi connectivity index (χ2n) is 7.51. The normalized spacial score (nSPS) is 12.2. The lowest BCUT2D eigenvalue weighted by molar-refractivity contribution is 0.103. The number of ether oxygens (including phenoxy) is 2. The average molecular weight is 420 g/mol. The van der Waals surface area contributed by atoms with Gasteiger partial charge in [0.05, 0.1) is 19.8 Å². The number of furan rings is 1. The third kappa shape index (κ3) is 4.25. The Kier molecular flexibility index (Phi) is 5.91. The van der Waals surface area contributed by atoms with Crippen LogP contribution in [0.15, 0.2) is 65.3 Å². The highest BCUT2D eigenvalue weighted by atomic mass is 19.1. The molecule has 0 fully saturated rings. The summed E-state index contributed by atoms with van der Waals surface area (Å²) in [7, 11) is 3.14. The maximum atomic E-state index is 14.4. The first-order valence-electron chi connectivity index (χ1n) is 10.1. The second-order valence-corrected chi connectivity index (χ2v) is 7.51. The summed E-state index contributed by atoms with van der Waals surface area (Å²) in [6.07, 6.45) is 3.71. The highest BCUT2D eigenvalue weighted by Crippen LogP contribution is 2.37. The summed E-state index contributed by atoms with van der Waals surface area (Å²) in [6, 6.07) is 14.8. The number of hydrogen-bond donors (Lipinski definition) is 0. The Morgan fingerprint density at radius 1 is 1.03 bits per heavy atom. The Balaban J connectivity index is 1.74. The SMILES string of the molecule is COc1ccc(-c2cc(C)ccc2-c2ccc(-c3nccn3CC(C)OC)o2)cc1F. The van der Waals surface area contributed by atoms with Gasteiger partial charge in [-0.25, -0.2) is 9.37 Å². The lowest BCUT2D eigenvalue weighted by atomic mass is 9.96. The third-order valence-corrected chi connectivity index (χ3v) is 5.30. The van der Waals surface area contributed by atoms with Gasteiger partial charge < -0.3 is 18.5 Å². The zero-order valence-corrected chi connectivity index (χ0v) is 18.1. The van der Waals surface area contributed by atoms with E-state index in [1.54, 1.807) is 19.4 Å². The van der Waals surface area contributed by atoms with Crippen molar-refractivity contribution in [1.82, 2.24) is 9.55 Å². The summed E-state index contributed by atoms with van der Waals surface area (Å²) >= 11 is 0. The maximum absolute atomic E-state index is 14.4. The van der Waals surface area contributed by atoms with Gasteiger partial charge >= 0.3 is 0 Å². The van der Waals surface area contributed by atoms with E-state index in [-0.39, 0.29) is 11.9 Å². The number of nitrogens with zero attached hydrogens (tertiary/aromatic N) is 2. The van der Waals surface area contributed by atoms with E-state index in [1.807, 2.05) is 61.0 Å². The quantitative estimate of drug-likeness (QED) is 0.370. The van der Waals surface area contributed by atoms with Crippen LogP contribution in [0.1, 0.15) is 12.5 Å². The number of hydrogen-bond acceptors (Lipinski definition) is 4. The molecular formula is C25H25FN2O3. The lowest BCUT2D eigenvalue weighted by Crippen LogP contribution is -2.14. The van der Waals surface area contributed by atoms with Crippen LogP contribution in [0.3, 0.4) is 0 Å². The number of rotatable bonds is 7. The van der Waals surface area contributed by atoms with E-state index >= 15 is 0 Å². The summed E-state index contributed by atoms with van der Waals surface area (Å²) < 4.78 is 33.0. The third-order valence-electron chi connectivity index (χ3n) is 5.30. The summed E-state index contributed by atoms with van der Waals surface area (Å²) in [6.45, 7) is 4.68. The van der Waals surface area contributed by atoms with Crippen LogP contribution in [0.2, 0.25) is 0 Å². The van der Waals surface area contributed by atoms with Crippen molar-refractivity contribution in [3.05, 3.63) is 72.3 Å². The molecule has 31 heavy (non-hydrogen) atoms. The number of benzene rings is 2. The number of aryl methyl sites for hydroxylation is 1. The molecule has 1 atom stereocenters. The standard InChI is InChI=1S/C25H25FN2O3/c1-16-5-7-19(20(13-16)18-6-8-23(30-4)21(26)14-18)22-9-10-24(31-22)25-27-11-12-28(25)15-17(2)29-3/h5-14,17H,15H2,1-4H3. The Labute approximate surface area is 181 Å². The molecule has 0 spiro atoms. The van der Waals surface area contributed by atoms with E-state index < -0.39 is 5.82 Å². The lowest BCUT2D eigenvalue weighted by Gasteiger charge is -2.12. The van der Waals surface area contributed by atoms with Crippen LogP contribution in [-0.2, 0) is 11.3 Å². The van der Waals surface area contributed by atoms with Crippen molar-refractivity contribution >= 4 is 0 Å². The topological polar surface area (TPSA) is 49.4 Å². The molecule has 160 valence electrons. The van der Waals surface area contributed by atoms with Crippen LogP contribution < -0.4 is 4.74 Å². The van der Waals surface area contributed by atoms with Crippen molar-refractivity contribution in [3.8, 4) is 39.8 Å². The van der Waals surface area contributed by atoms with Gasteiger partial charge in [-0.1, -0.05) is 29.8 Å². The van der Waals surface area contributed by atoms with Gasteiger partial charge in [0.2, 0.25) is 0 Å². The van der Waals surface area contributed by atoms with E-state index in [1.165, 1.54) is 13.2 Å². The number of aromatic nitrogens is 2. The van der Waals surface area contributed by atoms with Crippen molar-refractivity contribution in [3.63, 3.8) is 0 Å². The minimum atomic E-state index is -0.401. The summed E-state index contributed by atoms with van der Waals surface area (Å²) in [5, 5.41) is 0. The minimum absolute atomic E-state index is 0.0519. The first-order valence-corrected chi connectivity index (χ1v) is 10.1. The predicted octanol–water partition coefficient (Wildman–Crippen LogP) is 5.97. The molecule has 0 radical (unpaired) electrons. The maximum Gasteiger partial charge on any atom is 0.176 e. The molecule has 0 aliphatic carbocycles. The molecule has 4 rings (SSSR count). The van der Waals surface area contributed by atoms with Crippen molar-refractivity contribution in [2.24, 2.45) is 0 Å². The molecule has 0 aliphatic rings. The van der Waals surface area contributed by atoms with E-state index in [0.29, 0.717) is 18.1 Å². The Bertz CT molecular complexity index is 1200. The fourth-order valence-corrected chi connectivity index (χ4v) is 3.58. The van der Waals surface area contributed by atoms with Gasteiger partial charge in [-0.2, -0.15) is 0 Å². The zero-order chi connectivity index (χ0) is 22.0. The summed E-state index contributed by atoms with van der Waals surface area (Å²) in [5.74, 6) is 1.91. The van der Waals surface area contributed by atoms with Gasteiger partial charge in [0, 0.05) is 25.1 Å². The Hall–Kier alpha value is -3.38. The average Bonchev–Trinajstić information content (AvgIpc) is 3.43. The molecule has 0 N–H and O–H groups in total. The van der Waals surface area contributed by atoms with Crippen molar-refractivity contribution in [2.75, 3.05) is 14.2 Å². The molecule has 5 nitrogen and oxygen atoms in total. The molecule has 2 aromatic heterocycles. The Morgan fingerprint density at radius 3 is 2.58 bits per heavy atom. The fourth-order valence-electron chi connectivity index (χ4n) is 3.58. The zero-order valence-electron chi connectivity index (χ0n) is 18.1. The largest absolute Gasteiger partial charge is 0.494 e. The Morgan fingerprint density at radius 2 is 1.84 bits per heavy atom. The highest BCUT2D eigenvalue weighted by Gasteiger charge is 2.17. The molecule has 6 heteroatoms. The highest BCUT2D eigenvalue weighted by molar-refractivity contribution is 5.82. The number of imidazole rings is 1. The van der Waals surface area contributed by atoms with Crippen LogP contribution in [0.4, 0.5) is 4.39 Å².